The molecule has 10 heteroatoms. The first kappa shape index (κ1) is 24.2. The first-order valence-electron chi connectivity index (χ1n) is 11.1. The summed E-state index contributed by atoms with van der Waals surface area (Å²) in [5.74, 6) is 2.79. The van der Waals surface area contributed by atoms with Gasteiger partial charge in [0, 0.05) is 37.8 Å². The molecule has 0 amide bonds. The van der Waals surface area contributed by atoms with Crippen LogP contribution < -0.4 is 15.4 Å². The van der Waals surface area contributed by atoms with E-state index in [1.165, 1.54) is 0 Å². The van der Waals surface area contributed by atoms with E-state index >= 15 is 0 Å². The molecule has 0 aliphatic carbocycles. The van der Waals surface area contributed by atoms with Gasteiger partial charge in [0.25, 0.3) is 0 Å². The number of carbonyl (C=O) groups excluding carboxylic acids is 1. The number of halogens is 1. The second kappa shape index (κ2) is 11.0. The van der Waals surface area contributed by atoms with E-state index in [2.05, 4.69) is 30.7 Å². The molecule has 35 heavy (non-hydrogen) atoms. The summed E-state index contributed by atoms with van der Waals surface area (Å²) >= 11 is 5.80. The Balaban J connectivity index is 1.68. The molecule has 0 bridgehead atoms. The van der Waals surface area contributed by atoms with Crippen LogP contribution in [0.25, 0.3) is 11.4 Å². The Morgan fingerprint density at radius 3 is 2.54 bits per heavy atom. The number of para-hydroxylation sites is 1. The predicted molar refractivity (Wildman–Crippen MR) is 137 cm³/mol. The molecule has 0 radical (unpaired) electrons. The van der Waals surface area contributed by atoms with E-state index in [0.717, 1.165) is 17.5 Å². The molecule has 9 nitrogen and oxygen atoms in total. The first-order chi connectivity index (χ1) is 17.0. The van der Waals surface area contributed by atoms with E-state index in [9.17, 15) is 4.79 Å². The van der Waals surface area contributed by atoms with Crippen LogP contribution >= 0.6 is 11.6 Å². The number of carbonyl (C=O) groups is 1. The number of hydrogen-bond donors (Lipinski definition) is 2. The van der Waals surface area contributed by atoms with Crippen LogP contribution in [0.4, 0.5) is 23.0 Å². The van der Waals surface area contributed by atoms with Crippen LogP contribution in [0.2, 0.25) is 0 Å². The molecule has 4 rings (SSSR count). The number of Topliss-reactive ketones (excluding diaryl/α,β-unsaturated/α-hetero) is 1. The van der Waals surface area contributed by atoms with Gasteiger partial charge in [-0.3, -0.25) is 9.48 Å². The number of nitrogens with one attached hydrogen (secondary N) is 2. The summed E-state index contributed by atoms with van der Waals surface area (Å²) in [4.78, 5) is 25.8. The Labute approximate surface area is 208 Å². The molecule has 0 saturated carbocycles. The quantitative estimate of drug-likeness (QED) is 0.232. The number of methoxy groups -OCH3 is 1. The highest BCUT2D eigenvalue weighted by atomic mass is 35.5. The van der Waals surface area contributed by atoms with Crippen molar-refractivity contribution < 1.29 is 9.53 Å². The van der Waals surface area contributed by atoms with Gasteiger partial charge in [0.2, 0.25) is 0 Å². The van der Waals surface area contributed by atoms with Crippen molar-refractivity contribution in [1.29, 1.82) is 0 Å². The van der Waals surface area contributed by atoms with E-state index in [1.807, 2.05) is 37.3 Å². The van der Waals surface area contributed by atoms with Gasteiger partial charge in [0.1, 0.15) is 18.0 Å². The van der Waals surface area contributed by atoms with Crippen molar-refractivity contribution in [1.82, 2.24) is 24.7 Å². The lowest BCUT2D eigenvalue weighted by atomic mass is 10.1. The number of ketones is 1. The Morgan fingerprint density at radius 2 is 1.89 bits per heavy atom. The number of anilines is 4. The van der Waals surface area contributed by atoms with Crippen molar-refractivity contribution in [2.75, 3.05) is 23.6 Å². The topological polar surface area (TPSA) is 107 Å². The molecule has 0 aliphatic heterocycles. The Hall–Kier alpha value is -3.98. The Morgan fingerprint density at radius 1 is 1.06 bits per heavy atom. The van der Waals surface area contributed by atoms with E-state index in [1.54, 1.807) is 43.6 Å². The molecular weight excluding hydrogens is 466 g/mol. The highest BCUT2D eigenvalue weighted by molar-refractivity contribution is 6.18. The normalized spacial score (nSPS) is 10.7. The zero-order chi connectivity index (χ0) is 24.8. The number of pyridine rings is 2. The zero-order valence-electron chi connectivity index (χ0n) is 19.7. The third-order valence-electron chi connectivity index (χ3n) is 5.32. The van der Waals surface area contributed by atoms with Gasteiger partial charge in [0.05, 0.1) is 29.6 Å². The van der Waals surface area contributed by atoms with E-state index < -0.39 is 0 Å². The van der Waals surface area contributed by atoms with Crippen molar-refractivity contribution in [3.8, 4) is 17.1 Å². The maximum atomic E-state index is 12.7. The molecular formula is C25H26ClN7O2. The van der Waals surface area contributed by atoms with Crippen LogP contribution in [-0.2, 0) is 13.5 Å². The molecule has 0 fully saturated rings. The second-order valence-corrected chi connectivity index (χ2v) is 8.14. The number of aryl methyl sites for hydroxylation is 2. The molecule has 4 aromatic rings. The fourth-order valence-corrected chi connectivity index (χ4v) is 3.78. The van der Waals surface area contributed by atoms with Gasteiger partial charge in [-0.1, -0.05) is 19.1 Å². The van der Waals surface area contributed by atoms with E-state index in [4.69, 9.17) is 16.3 Å². The molecule has 0 spiro atoms. The smallest absolute Gasteiger partial charge is 0.184 e. The highest BCUT2D eigenvalue weighted by Gasteiger charge is 2.18. The van der Waals surface area contributed by atoms with Crippen LogP contribution in [0.15, 0.2) is 55.1 Å². The van der Waals surface area contributed by atoms with Gasteiger partial charge < -0.3 is 15.4 Å². The third kappa shape index (κ3) is 5.58. The molecule has 2 N–H and O–H groups in total. The lowest BCUT2D eigenvalue weighted by molar-refractivity contribution is 0.0988. The SMILES string of the molecule is CCC(=O)c1cnc(Nc2ccc(CCCl)cn2)cc1Nc1cccc(-c2ncn(C)n2)c1OC. The summed E-state index contributed by atoms with van der Waals surface area (Å²) in [6, 6.07) is 11.3. The molecule has 1 aromatic carbocycles. The van der Waals surface area contributed by atoms with Crippen LogP contribution in [0.1, 0.15) is 29.3 Å². The van der Waals surface area contributed by atoms with Crippen molar-refractivity contribution >= 4 is 40.4 Å². The lowest BCUT2D eigenvalue weighted by Crippen LogP contribution is -2.07. The van der Waals surface area contributed by atoms with Crippen LogP contribution in [0, 0.1) is 0 Å². The number of alkyl halides is 1. The highest BCUT2D eigenvalue weighted by Crippen LogP contribution is 2.37. The minimum Gasteiger partial charge on any atom is -0.494 e. The zero-order valence-corrected chi connectivity index (χ0v) is 20.5. The van der Waals surface area contributed by atoms with Gasteiger partial charge in [0.15, 0.2) is 17.4 Å². The molecule has 0 unspecified atom stereocenters. The first-order valence-corrected chi connectivity index (χ1v) is 11.7. The van der Waals surface area contributed by atoms with Gasteiger partial charge in [-0.25, -0.2) is 15.0 Å². The van der Waals surface area contributed by atoms with Crippen molar-refractivity contribution in [3.05, 3.63) is 66.2 Å². The Kier molecular flexibility index (Phi) is 7.57. The number of ether oxygens (including phenoxy) is 1. The van der Waals surface area contributed by atoms with Crippen LogP contribution in [-0.4, -0.2) is 43.5 Å². The fourth-order valence-electron chi connectivity index (χ4n) is 3.57. The van der Waals surface area contributed by atoms with E-state index in [0.29, 0.717) is 52.4 Å². The Bertz CT molecular complexity index is 1320. The number of benzene rings is 1. The summed E-state index contributed by atoms with van der Waals surface area (Å²) in [5.41, 5.74) is 3.53. The molecule has 0 saturated heterocycles. The summed E-state index contributed by atoms with van der Waals surface area (Å²) < 4.78 is 7.34. The molecule has 0 aliphatic rings. The molecule has 180 valence electrons. The largest absolute Gasteiger partial charge is 0.494 e. The van der Waals surface area contributed by atoms with Crippen molar-refractivity contribution in [2.45, 2.75) is 19.8 Å². The number of hydrogen-bond acceptors (Lipinski definition) is 8. The van der Waals surface area contributed by atoms with Gasteiger partial charge in [-0.15, -0.1) is 11.6 Å². The summed E-state index contributed by atoms with van der Waals surface area (Å²) in [5, 5.41) is 10.9. The number of nitrogens with zero attached hydrogens (tertiary/aromatic N) is 5. The molecule has 3 aromatic heterocycles. The maximum absolute atomic E-state index is 12.7. The third-order valence-corrected chi connectivity index (χ3v) is 5.51. The monoisotopic (exact) mass is 491 g/mol. The van der Waals surface area contributed by atoms with Crippen LogP contribution in [0.3, 0.4) is 0 Å². The summed E-state index contributed by atoms with van der Waals surface area (Å²) in [6.45, 7) is 1.82. The number of rotatable bonds is 10. The van der Waals surface area contributed by atoms with Crippen LogP contribution in [0.5, 0.6) is 5.75 Å². The minimum absolute atomic E-state index is 0.0309. The fraction of sp³-hybridized carbons (Fsp3) is 0.240. The minimum atomic E-state index is -0.0309. The van der Waals surface area contributed by atoms with Crippen molar-refractivity contribution in [3.63, 3.8) is 0 Å². The van der Waals surface area contributed by atoms with Gasteiger partial charge >= 0.3 is 0 Å². The van der Waals surface area contributed by atoms with E-state index in [-0.39, 0.29) is 5.78 Å². The van der Waals surface area contributed by atoms with Gasteiger partial charge in [-0.05, 0) is 30.2 Å². The summed E-state index contributed by atoms with van der Waals surface area (Å²) in [6.07, 6.45) is 6.07. The maximum Gasteiger partial charge on any atom is 0.184 e. The standard InChI is InChI=1S/C25H26ClN7O2/c1-4-21(34)18-14-28-23(31-22-9-8-16(10-11-26)13-27-22)12-20(18)30-19-7-5-6-17(24(19)35-3)25-29-15-33(2)32-25/h5-9,12-15H,4,10-11H2,1-3H3,(H2,27,28,30,31). The predicted octanol–water partition coefficient (Wildman–Crippen LogP) is 5.14. The second-order valence-electron chi connectivity index (χ2n) is 7.76. The molecule has 0 atom stereocenters. The average Bonchev–Trinajstić information content (AvgIpc) is 3.31. The molecule has 3 heterocycles. The number of aromatic nitrogens is 5. The lowest BCUT2D eigenvalue weighted by Gasteiger charge is -2.17. The van der Waals surface area contributed by atoms with Crippen molar-refractivity contribution in [2.24, 2.45) is 7.05 Å². The average molecular weight is 492 g/mol. The summed E-state index contributed by atoms with van der Waals surface area (Å²) in [7, 11) is 3.39. The van der Waals surface area contributed by atoms with Gasteiger partial charge in [-0.2, -0.15) is 5.10 Å².